The third-order valence-corrected chi connectivity index (χ3v) is 7.00. The number of carboxylic acids is 1. The van der Waals surface area contributed by atoms with E-state index >= 15 is 0 Å². The molecule has 0 fully saturated rings. The SMILES string of the molecule is CC(/C=C(\N)c1ccc(C(F)(F)F)cc1)=C(/N)N(C)CCc1csc(SC(C)(C)C(=O)O)n1. The summed E-state index contributed by atoms with van der Waals surface area (Å²) < 4.78 is 37.9. The van der Waals surface area contributed by atoms with E-state index in [4.69, 9.17) is 11.5 Å². The average Bonchev–Trinajstić information content (AvgIpc) is 3.17. The first-order chi connectivity index (χ1) is 15.2. The number of carboxylic acid groups (broad SMARTS) is 1. The Balaban J connectivity index is 2.02. The molecule has 2 aromatic rings. The number of hydrogen-bond acceptors (Lipinski definition) is 7. The number of carbonyl (C=O) groups is 1. The van der Waals surface area contributed by atoms with Crippen molar-refractivity contribution in [3.05, 3.63) is 63.9 Å². The number of rotatable bonds is 9. The van der Waals surface area contributed by atoms with E-state index in [9.17, 15) is 23.1 Å². The van der Waals surface area contributed by atoms with E-state index in [-0.39, 0.29) is 0 Å². The zero-order valence-electron chi connectivity index (χ0n) is 18.7. The highest BCUT2D eigenvalue weighted by Crippen LogP contribution is 2.34. The summed E-state index contributed by atoms with van der Waals surface area (Å²) in [7, 11) is 1.82. The number of likely N-dealkylation sites (N-methyl/N-ethyl adjacent to an activating group) is 1. The Kier molecular flexibility index (Phi) is 8.47. The Morgan fingerprint density at radius 1 is 1.24 bits per heavy atom. The minimum Gasteiger partial charge on any atom is -0.480 e. The van der Waals surface area contributed by atoms with E-state index in [0.29, 0.717) is 40.0 Å². The van der Waals surface area contributed by atoms with Crippen molar-refractivity contribution in [3.8, 4) is 0 Å². The molecule has 0 saturated carbocycles. The summed E-state index contributed by atoms with van der Waals surface area (Å²) in [5.41, 5.74) is 13.8. The quantitative estimate of drug-likeness (QED) is 0.336. The molecule has 1 heterocycles. The topological polar surface area (TPSA) is 105 Å². The molecule has 1 aromatic carbocycles. The lowest BCUT2D eigenvalue weighted by Crippen LogP contribution is -2.27. The molecule has 1 aromatic heterocycles. The van der Waals surface area contributed by atoms with Gasteiger partial charge in [-0.05, 0) is 50.1 Å². The van der Waals surface area contributed by atoms with Crippen molar-refractivity contribution >= 4 is 34.8 Å². The average molecular weight is 501 g/mol. The zero-order valence-corrected chi connectivity index (χ0v) is 20.4. The van der Waals surface area contributed by atoms with Crippen molar-refractivity contribution < 1.29 is 23.1 Å². The van der Waals surface area contributed by atoms with Crippen LogP contribution in [0, 0.1) is 0 Å². The molecule has 0 aliphatic heterocycles. The lowest BCUT2D eigenvalue weighted by molar-refractivity contribution is -0.139. The van der Waals surface area contributed by atoms with Gasteiger partial charge < -0.3 is 21.5 Å². The second kappa shape index (κ2) is 10.5. The summed E-state index contributed by atoms with van der Waals surface area (Å²) in [6.45, 7) is 5.60. The molecule has 0 unspecified atom stereocenters. The van der Waals surface area contributed by atoms with Gasteiger partial charge in [0, 0.05) is 31.1 Å². The van der Waals surface area contributed by atoms with Crippen LogP contribution >= 0.6 is 23.1 Å². The fourth-order valence-corrected chi connectivity index (χ4v) is 4.88. The van der Waals surface area contributed by atoms with Crippen molar-refractivity contribution in [3.63, 3.8) is 0 Å². The standard InChI is InChI=1S/C22H27F3N4O2S2/c1-13(11-17(26)14-5-7-15(8-6-14)22(23,24)25)18(27)29(4)10-9-16-12-32-20(28-16)33-21(2,3)19(30)31/h5-8,11-12H,9-10,26-27H2,1-4H3,(H,30,31)/b17-11-,18-13+. The molecule has 33 heavy (non-hydrogen) atoms. The summed E-state index contributed by atoms with van der Waals surface area (Å²) in [6, 6.07) is 4.63. The first kappa shape index (κ1) is 26.6. The van der Waals surface area contributed by atoms with Gasteiger partial charge in [0.2, 0.25) is 0 Å². The van der Waals surface area contributed by atoms with Gasteiger partial charge in [-0.25, -0.2) is 4.98 Å². The van der Waals surface area contributed by atoms with E-state index in [2.05, 4.69) is 4.98 Å². The molecular weight excluding hydrogens is 473 g/mol. The Morgan fingerprint density at radius 2 is 1.85 bits per heavy atom. The van der Waals surface area contributed by atoms with Crippen LogP contribution in [-0.4, -0.2) is 39.3 Å². The second-order valence-corrected chi connectivity index (χ2v) is 10.7. The monoisotopic (exact) mass is 500 g/mol. The number of halogens is 3. The van der Waals surface area contributed by atoms with Crippen LogP contribution in [0.15, 0.2) is 51.5 Å². The van der Waals surface area contributed by atoms with E-state index < -0.39 is 22.5 Å². The molecule has 6 nitrogen and oxygen atoms in total. The summed E-state index contributed by atoms with van der Waals surface area (Å²) in [6.07, 6.45) is -2.17. The maximum Gasteiger partial charge on any atom is 0.416 e. The lowest BCUT2D eigenvalue weighted by Gasteiger charge is -2.20. The number of nitrogens with zero attached hydrogens (tertiary/aromatic N) is 2. The van der Waals surface area contributed by atoms with E-state index in [0.717, 1.165) is 17.8 Å². The van der Waals surface area contributed by atoms with E-state index in [1.54, 1.807) is 26.8 Å². The molecule has 0 bridgehead atoms. The van der Waals surface area contributed by atoms with Gasteiger partial charge in [0.1, 0.15) is 10.6 Å². The van der Waals surface area contributed by atoms with Crippen molar-refractivity contribution in [2.75, 3.05) is 13.6 Å². The predicted octanol–water partition coefficient (Wildman–Crippen LogP) is 4.78. The highest BCUT2D eigenvalue weighted by atomic mass is 32.2. The number of nitrogens with two attached hydrogens (primary N) is 2. The summed E-state index contributed by atoms with van der Waals surface area (Å²) in [5.74, 6) is -0.428. The molecule has 0 aliphatic carbocycles. The number of alkyl halides is 3. The first-order valence-corrected chi connectivity index (χ1v) is 11.6. The molecule has 0 spiro atoms. The van der Waals surface area contributed by atoms with Crippen LogP contribution in [0.1, 0.15) is 37.6 Å². The van der Waals surface area contributed by atoms with Gasteiger partial charge in [-0.15, -0.1) is 11.3 Å². The molecular formula is C22H27F3N4O2S2. The molecule has 2 rings (SSSR count). The van der Waals surface area contributed by atoms with Gasteiger partial charge in [0.05, 0.1) is 11.3 Å². The van der Waals surface area contributed by atoms with Crippen molar-refractivity contribution in [2.24, 2.45) is 11.5 Å². The molecule has 180 valence electrons. The Hall–Kier alpha value is -2.66. The molecule has 0 radical (unpaired) electrons. The Labute approximate surface area is 199 Å². The molecule has 0 amide bonds. The Morgan fingerprint density at radius 3 is 2.39 bits per heavy atom. The van der Waals surface area contributed by atoms with Crippen LogP contribution in [0.25, 0.3) is 5.70 Å². The highest BCUT2D eigenvalue weighted by molar-refractivity contribution is 8.02. The number of thioether (sulfide) groups is 1. The van der Waals surface area contributed by atoms with Crippen molar-refractivity contribution in [1.82, 2.24) is 9.88 Å². The van der Waals surface area contributed by atoms with E-state index in [1.165, 1.54) is 35.2 Å². The second-order valence-electron chi connectivity index (χ2n) is 7.94. The summed E-state index contributed by atoms with van der Waals surface area (Å²) in [4.78, 5) is 17.6. The third-order valence-electron chi connectivity index (χ3n) is 4.82. The van der Waals surface area contributed by atoms with Gasteiger partial charge in [0.25, 0.3) is 0 Å². The van der Waals surface area contributed by atoms with Crippen molar-refractivity contribution in [2.45, 2.75) is 42.5 Å². The fourth-order valence-electron chi connectivity index (χ4n) is 2.66. The number of aromatic nitrogens is 1. The minimum atomic E-state index is -4.40. The first-order valence-electron chi connectivity index (χ1n) is 9.90. The smallest absolute Gasteiger partial charge is 0.416 e. The number of allylic oxidation sites excluding steroid dienone is 2. The molecule has 0 saturated heterocycles. The molecule has 0 aliphatic rings. The van der Waals surface area contributed by atoms with Crippen LogP contribution in [0.3, 0.4) is 0 Å². The van der Waals surface area contributed by atoms with E-state index in [1.807, 2.05) is 17.3 Å². The molecule has 0 atom stereocenters. The number of thiazole rings is 1. The summed E-state index contributed by atoms with van der Waals surface area (Å²) >= 11 is 2.60. The number of benzene rings is 1. The van der Waals surface area contributed by atoms with Gasteiger partial charge >= 0.3 is 12.1 Å². The predicted molar refractivity (Wildman–Crippen MR) is 127 cm³/mol. The van der Waals surface area contributed by atoms with Crippen LogP contribution in [-0.2, 0) is 17.4 Å². The largest absolute Gasteiger partial charge is 0.480 e. The zero-order chi connectivity index (χ0) is 25.0. The Bertz CT molecular complexity index is 1040. The van der Waals surface area contributed by atoms with Gasteiger partial charge in [0.15, 0.2) is 4.34 Å². The van der Waals surface area contributed by atoms with Gasteiger partial charge in [-0.1, -0.05) is 23.9 Å². The number of aliphatic carboxylic acids is 1. The lowest BCUT2D eigenvalue weighted by atomic mass is 10.1. The minimum absolute atomic E-state index is 0.305. The van der Waals surface area contributed by atoms with Gasteiger partial charge in [-0.3, -0.25) is 4.79 Å². The normalized spacial score (nSPS) is 13.6. The highest BCUT2D eigenvalue weighted by Gasteiger charge is 2.30. The molecule has 11 heteroatoms. The fraction of sp³-hybridized carbons (Fsp3) is 0.364. The van der Waals surface area contributed by atoms with Crippen LogP contribution < -0.4 is 11.5 Å². The van der Waals surface area contributed by atoms with Crippen LogP contribution in [0.4, 0.5) is 13.2 Å². The maximum absolute atomic E-state index is 12.7. The van der Waals surface area contributed by atoms with Crippen molar-refractivity contribution in [1.29, 1.82) is 0 Å². The van der Waals surface area contributed by atoms with Crippen LogP contribution in [0.5, 0.6) is 0 Å². The molecule has 5 N–H and O–H groups in total. The van der Waals surface area contributed by atoms with Crippen LogP contribution in [0.2, 0.25) is 0 Å². The summed E-state index contributed by atoms with van der Waals surface area (Å²) in [5, 5.41) is 11.1. The number of hydrogen-bond donors (Lipinski definition) is 3. The maximum atomic E-state index is 12.7. The third kappa shape index (κ3) is 7.43. The van der Waals surface area contributed by atoms with Gasteiger partial charge in [-0.2, -0.15) is 13.2 Å².